The molecule has 1 aliphatic heterocycles. The lowest BCUT2D eigenvalue weighted by atomic mass is 10.2. The maximum atomic E-state index is 12.6. The summed E-state index contributed by atoms with van der Waals surface area (Å²) in [6.45, 7) is 0.179. The highest BCUT2D eigenvalue weighted by atomic mass is 32.2. The van der Waals surface area contributed by atoms with Crippen LogP contribution in [0.1, 0.15) is 18.4 Å². The lowest BCUT2D eigenvalue weighted by Gasteiger charge is -2.14. The molecule has 10 heteroatoms. The van der Waals surface area contributed by atoms with Crippen LogP contribution in [0.3, 0.4) is 0 Å². The lowest BCUT2D eigenvalue weighted by Crippen LogP contribution is -2.34. The Morgan fingerprint density at radius 1 is 1.25 bits per heavy atom. The molecule has 0 bridgehead atoms. The van der Waals surface area contributed by atoms with Gasteiger partial charge in [0.2, 0.25) is 5.91 Å². The van der Waals surface area contributed by atoms with Crippen molar-refractivity contribution in [1.29, 1.82) is 0 Å². The van der Waals surface area contributed by atoms with E-state index < -0.39 is 5.97 Å². The van der Waals surface area contributed by atoms with E-state index in [0.717, 1.165) is 17.3 Å². The smallest absolute Gasteiger partial charge is 0.305 e. The van der Waals surface area contributed by atoms with Gasteiger partial charge < -0.3 is 19.9 Å². The minimum absolute atomic E-state index is 0.0374. The molecule has 1 heterocycles. The van der Waals surface area contributed by atoms with Crippen LogP contribution in [-0.2, 0) is 14.4 Å². The molecule has 150 valence electrons. The minimum Gasteiger partial charge on any atom is -0.493 e. The number of nitrogens with one attached hydrogen (secondary N) is 1. The number of nitrogens with zero attached hydrogens (tertiary/aromatic N) is 1. The van der Waals surface area contributed by atoms with E-state index in [4.69, 9.17) is 26.8 Å². The average molecular weight is 425 g/mol. The van der Waals surface area contributed by atoms with Gasteiger partial charge in [-0.3, -0.25) is 19.3 Å². The molecular formula is C18H20N2O6S2. The van der Waals surface area contributed by atoms with Crippen molar-refractivity contribution in [3.05, 3.63) is 28.7 Å². The first-order valence-corrected chi connectivity index (χ1v) is 9.54. The number of carboxylic acids is 1. The third-order valence-corrected chi connectivity index (χ3v) is 5.18. The van der Waals surface area contributed by atoms with Crippen LogP contribution in [0.4, 0.5) is 0 Å². The SMILES string of the molecule is COc1ccc(C=C2SC(=S)N(CCC(=O)NCCC(=O)O)C2=O)cc1OC. The van der Waals surface area contributed by atoms with Gasteiger partial charge in [0.15, 0.2) is 11.5 Å². The largest absolute Gasteiger partial charge is 0.493 e. The summed E-state index contributed by atoms with van der Waals surface area (Å²) in [4.78, 5) is 36.6. The first kappa shape index (κ1) is 21.7. The number of aliphatic carboxylic acids is 1. The molecule has 0 atom stereocenters. The quantitative estimate of drug-likeness (QED) is 0.457. The molecule has 2 rings (SSSR count). The molecule has 0 aromatic heterocycles. The van der Waals surface area contributed by atoms with Gasteiger partial charge in [-0.25, -0.2) is 0 Å². The molecule has 1 aromatic carbocycles. The number of benzene rings is 1. The highest BCUT2D eigenvalue weighted by Crippen LogP contribution is 2.34. The monoisotopic (exact) mass is 424 g/mol. The highest BCUT2D eigenvalue weighted by molar-refractivity contribution is 8.26. The van der Waals surface area contributed by atoms with Crippen LogP contribution in [0.2, 0.25) is 0 Å². The molecule has 0 saturated carbocycles. The van der Waals surface area contributed by atoms with E-state index in [-0.39, 0.29) is 37.7 Å². The lowest BCUT2D eigenvalue weighted by molar-refractivity contribution is -0.136. The van der Waals surface area contributed by atoms with Gasteiger partial charge in [0.25, 0.3) is 5.91 Å². The number of rotatable bonds is 9. The summed E-state index contributed by atoms with van der Waals surface area (Å²) < 4.78 is 10.8. The predicted molar refractivity (Wildman–Crippen MR) is 109 cm³/mol. The zero-order valence-electron chi connectivity index (χ0n) is 15.4. The molecule has 0 radical (unpaired) electrons. The van der Waals surface area contributed by atoms with Crippen molar-refractivity contribution in [3.8, 4) is 11.5 Å². The van der Waals surface area contributed by atoms with Crippen molar-refractivity contribution in [2.75, 3.05) is 27.3 Å². The number of hydrogen-bond acceptors (Lipinski definition) is 7. The number of amides is 2. The summed E-state index contributed by atoms with van der Waals surface area (Å²) in [7, 11) is 3.07. The van der Waals surface area contributed by atoms with E-state index in [1.54, 1.807) is 31.4 Å². The fraction of sp³-hybridized carbons (Fsp3) is 0.333. The van der Waals surface area contributed by atoms with Crippen LogP contribution in [0.5, 0.6) is 11.5 Å². The first-order chi connectivity index (χ1) is 13.3. The van der Waals surface area contributed by atoms with Gasteiger partial charge in [0.1, 0.15) is 4.32 Å². The van der Waals surface area contributed by atoms with Gasteiger partial charge in [-0.15, -0.1) is 0 Å². The average Bonchev–Trinajstić information content (AvgIpc) is 2.92. The number of thiocarbonyl (C=S) groups is 1. The summed E-state index contributed by atoms with van der Waals surface area (Å²) in [5, 5.41) is 11.1. The number of ether oxygens (including phenoxy) is 2. The Morgan fingerprint density at radius 2 is 1.96 bits per heavy atom. The van der Waals surface area contributed by atoms with Crippen molar-refractivity contribution >= 4 is 52.2 Å². The Kier molecular flexibility index (Phi) is 7.82. The van der Waals surface area contributed by atoms with E-state index in [0.29, 0.717) is 20.7 Å². The van der Waals surface area contributed by atoms with Crippen molar-refractivity contribution in [2.24, 2.45) is 0 Å². The van der Waals surface area contributed by atoms with Crippen LogP contribution in [-0.4, -0.2) is 59.4 Å². The van der Waals surface area contributed by atoms with Gasteiger partial charge >= 0.3 is 5.97 Å². The van der Waals surface area contributed by atoms with Crippen LogP contribution in [0.15, 0.2) is 23.1 Å². The molecule has 0 aliphatic carbocycles. The number of carbonyl (C=O) groups is 3. The van der Waals surface area contributed by atoms with Gasteiger partial charge in [0.05, 0.1) is 25.5 Å². The third kappa shape index (κ3) is 5.70. The van der Waals surface area contributed by atoms with E-state index in [2.05, 4.69) is 5.32 Å². The first-order valence-electron chi connectivity index (χ1n) is 8.31. The van der Waals surface area contributed by atoms with Gasteiger partial charge in [-0.1, -0.05) is 30.0 Å². The van der Waals surface area contributed by atoms with Gasteiger partial charge in [0, 0.05) is 19.5 Å². The number of carbonyl (C=O) groups excluding carboxylic acids is 2. The molecule has 1 aromatic rings. The Balaban J connectivity index is 2.00. The second-order valence-electron chi connectivity index (χ2n) is 5.69. The second kappa shape index (κ2) is 10.1. The Labute approximate surface area is 171 Å². The summed E-state index contributed by atoms with van der Waals surface area (Å²) >= 11 is 6.41. The number of hydrogen-bond donors (Lipinski definition) is 2. The zero-order valence-corrected chi connectivity index (χ0v) is 17.0. The van der Waals surface area contributed by atoms with Crippen molar-refractivity contribution in [1.82, 2.24) is 10.2 Å². The summed E-state index contributed by atoms with van der Waals surface area (Å²) in [6.07, 6.45) is 1.59. The van der Waals surface area contributed by atoms with E-state index >= 15 is 0 Å². The van der Waals surface area contributed by atoms with Crippen LogP contribution in [0.25, 0.3) is 6.08 Å². The van der Waals surface area contributed by atoms with Gasteiger partial charge in [-0.2, -0.15) is 0 Å². The van der Waals surface area contributed by atoms with Crippen LogP contribution >= 0.6 is 24.0 Å². The van der Waals surface area contributed by atoms with Gasteiger partial charge in [-0.05, 0) is 23.8 Å². The highest BCUT2D eigenvalue weighted by Gasteiger charge is 2.32. The summed E-state index contributed by atoms with van der Waals surface area (Å²) in [6, 6.07) is 5.29. The second-order valence-corrected chi connectivity index (χ2v) is 7.37. The molecule has 8 nitrogen and oxygen atoms in total. The van der Waals surface area contributed by atoms with E-state index in [1.807, 2.05) is 0 Å². The van der Waals surface area contributed by atoms with Crippen molar-refractivity contribution in [3.63, 3.8) is 0 Å². The molecule has 1 fully saturated rings. The van der Waals surface area contributed by atoms with Crippen LogP contribution in [0, 0.1) is 0 Å². The third-order valence-electron chi connectivity index (χ3n) is 3.80. The summed E-state index contributed by atoms with van der Waals surface area (Å²) in [5.41, 5.74) is 0.754. The van der Waals surface area contributed by atoms with E-state index in [1.165, 1.54) is 12.0 Å². The summed E-state index contributed by atoms with van der Waals surface area (Å²) in [5.74, 6) is -0.467. The van der Waals surface area contributed by atoms with Crippen molar-refractivity contribution < 1.29 is 29.0 Å². The van der Waals surface area contributed by atoms with Crippen molar-refractivity contribution in [2.45, 2.75) is 12.8 Å². The number of carboxylic acid groups (broad SMARTS) is 1. The fourth-order valence-electron chi connectivity index (χ4n) is 2.40. The molecule has 2 N–H and O–H groups in total. The molecule has 1 saturated heterocycles. The number of thioether (sulfide) groups is 1. The molecule has 0 spiro atoms. The normalized spacial score (nSPS) is 15.1. The van der Waals surface area contributed by atoms with E-state index in [9.17, 15) is 14.4 Å². The predicted octanol–water partition coefficient (Wildman–Crippen LogP) is 1.89. The Bertz CT molecular complexity index is 824. The standard InChI is InChI=1S/C18H20N2O6S2/c1-25-12-4-3-11(9-13(12)26-2)10-14-17(24)20(18(27)28-14)8-6-15(21)19-7-5-16(22)23/h3-4,9-10H,5-8H2,1-2H3,(H,19,21)(H,22,23). The topological polar surface area (TPSA) is 105 Å². The molecule has 2 amide bonds. The molecule has 1 aliphatic rings. The Morgan fingerprint density at radius 3 is 2.61 bits per heavy atom. The maximum Gasteiger partial charge on any atom is 0.305 e. The molecule has 0 unspecified atom stereocenters. The minimum atomic E-state index is -0.988. The van der Waals surface area contributed by atoms with Crippen LogP contribution < -0.4 is 14.8 Å². The maximum absolute atomic E-state index is 12.6. The molecular weight excluding hydrogens is 404 g/mol. The number of methoxy groups -OCH3 is 2. The zero-order chi connectivity index (χ0) is 20.7. The fourth-order valence-corrected chi connectivity index (χ4v) is 3.71. The Hall–Kier alpha value is -2.59. The molecule has 28 heavy (non-hydrogen) atoms.